The highest BCUT2D eigenvalue weighted by molar-refractivity contribution is 5.69. The van der Waals surface area contributed by atoms with Crippen molar-refractivity contribution in [2.45, 2.75) is 52.2 Å². The Morgan fingerprint density at radius 2 is 2.00 bits per heavy atom. The molecule has 1 rings (SSSR count). The zero-order chi connectivity index (χ0) is 13.1. The zero-order valence-corrected chi connectivity index (χ0v) is 11.0. The van der Waals surface area contributed by atoms with E-state index in [1.165, 1.54) is 6.92 Å². The monoisotopic (exact) mass is 243 g/mol. The predicted octanol–water partition coefficient (Wildman–Crippen LogP) is 1.95. The fourth-order valence-electron chi connectivity index (χ4n) is 1.78. The Kier molecular flexibility index (Phi) is 4.37. The molecule has 1 atom stereocenters. The van der Waals surface area contributed by atoms with Crippen molar-refractivity contribution < 1.29 is 19.1 Å². The normalized spacial score (nSPS) is 20.2. The molecule has 0 aromatic heterocycles. The van der Waals surface area contributed by atoms with Crippen molar-refractivity contribution in [2.24, 2.45) is 0 Å². The fourth-order valence-corrected chi connectivity index (χ4v) is 1.78. The summed E-state index contributed by atoms with van der Waals surface area (Å²) in [6, 6.07) is -0.0475. The Bertz CT molecular complexity index is 295. The number of esters is 1. The first-order valence-corrected chi connectivity index (χ1v) is 5.92. The van der Waals surface area contributed by atoms with Crippen LogP contribution in [0.1, 0.15) is 40.5 Å². The third-order valence-corrected chi connectivity index (χ3v) is 2.48. The lowest BCUT2D eigenvalue weighted by molar-refractivity contribution is -0.142. The summed E-state index contributed by atoms with van der Waals surface area (Å²) in [5.41, 5.74) is -0.494. The lowest BCUT2D eigenvalue weighted by Crippen LogP contribution is -2.41. The summed E-state index contributed by atoms with van der Waals surface area (Å²) < 4.78 is 10.3. The maximum atomic E-state index is 11.9. The molecule has 0 aromatic carbocycles. The molecule has 0 aromatic rings. The molecular weight excluding hydrogens is 222 g/mol. The molecule has 1 fully saturated rings. The van der Waals surface area contributed by atoms with Crippen molar-refractivity contribution in [3.63, 3.8) is 0 Å². The van der Waals surface area contributed by atoms with Crippen LogP contribution in [-0.2, 0) is 14.3 Å². The number of ether oxygens (including phenoxy) is 2. The number of amides is 1. The molecule has 0 aliphatic carbocycles. The first kappa shape index (κ1) is 13.8. The summed E-state index contributed by atoms with van der Waals surface area (Å²) in [5.74, 6) is -0.318. The largest absolute Gasteiger partial charge is 0.464 e. The van der Waals surface area contributed by atoms with E-state index in [0.717, 1.165) is 12.8 Å². The summed E-state index contributed by atoms with van der Waals surface area (Å²) in [6.45, 7) is 7.80. The molecule has 1 amide bonds. The number of hydrogen-bond donors (Lipinski definition) is 0. The maximum Gasteiger partial charge on any atom is 0.410 e. The number of nitrogens with zero attached hydrogens (tertiary/aromatic N) is 1. The Morgan fingerprint density at radius 1 is 1.35 bits per heavy atom. The minimum Gasteiger partial charge on any atom is -0.464 e. The number of likely N-dealkylation sites (tertiary alicyclic amines) is 1. The van der Waals surface area contributed by atoms with E-state index in [0.29, 0.717) is 6.54 Å². The SMILES string of the molecule is CC(=O)OC[C@@H]1CCCN1C(=O)OC(C)(C)C. The van der Waals surface area contributed by atoms with Crippen LogP contribution >= 0.6 is 0 Å². The lowest BCUT2D eigenvalue weighted by atomic mass is 10.2. The quantitative estimate of drug-likeness (QED) is 0.695. The average Bonchev–Trinajstić information content (AvgIpc) is 2.59. The topological polar surface area (TPSA) is 55.8 Å². The van der Waals surface area contributed by atoms with Gasteiger partial charge in [-0.25, -0.2) is 4.79 Å². The molecule has 1 saturated heterocycles. The van der Waals surface area contributed by atoms with E-state index >= 15 is 0 Å². The molecule has 0 bridgehead atoms. The summed E-state index contributed by atoms with van der Waals surface area (Å²) in [7, 11) is 0. The summed E-state index contributed by atoms with van der Waals surface area (Å²) >= 11 is 0. The van der Waals surface area contributed by atoms with Crippen LogP contribution in [0.4, 0.5) is 4.79 Å². The van der Waals surface area contributed by atoms with Crippen LogP contribution in [0.25, 0.3) is 0 Å². The highest BCUT2D eigenvalue weighted by atomic mass is 16.6. The minimum atomic E-state index is -0.494. The van der Waals surface area contributed by atoms with Crippen LogP contribution in [0.5, 0.6) is 0 Å². The molecule has 0 saturated carbocycles. The molecule has 0 N–H and O–H groups in total. The van der Waals surface area contributed by atoms with Gasteiger partial charge in [-0.1, -0.05) is 0 Å². The molecule has 1 heterocycles. The Hall–Kier alpha value is -1.26. The Morgan fingerprint density at radius 3 is 2.53 bits per heavy atom. The van der Waals surface area contributed by atoms with E-state index in [1.807, 2.05) is 20.8 Å². The molecule has 5 nitrogen and oxygen atoms in total. The molecule has 0 unspecified atom stereocenters. The van der Waals surface area contributed by atoms with Gasteiger partial charge in [0, 0.05) is 13.5 Å². The summed E-state index contributed by atoms with van der Waals surface area (Å²) in [6.07, 6.45) is 1.45. The van der Waals surface area contributed by atoms with Crippen LogP contribution in [0.15, 0.2) is 0 Å². The van der Waals surface area contributed by atoms with E-state index in [-0.39, 0.29) is 24.7 Å². The van der Waals surface area contributed by atoms with Crippen LogP contribution in [0, 0.1) is 0 Å². The van der Waals surface area contributed by atoms with Crippen LogP contribution in [0.2, 0.25) is 0 Å². The second kappa shape index (κ2) is 5.38. The van der Waals surface area contributed by atoms with Crippen molar-refractivity contribution in [1.82, 2.24) is 4.90 Å². The Balaban J connectivity index is 2.51. The van der Waals surface area contributed by atoms with Crippen LogP contribution in [-0.4, -0.2) is 41.8 Å². The Labute approximate surface area is 102 Å². The van der Waals surface area contributed by atoms with Crippen molar-refractivity contribution in [2.75, 3.05) is 13.2 Å². The highest BCUT2D eigenvalue weighted by Crippen LogP contribution is 2.20. The lowest BCUT2D eigenvalue weighted by Gasteiger charge is -2.28. The molecule has 17 heavy (non-hydrogen) atoms. The van der Waals surface area contributed by atoms with Gasteiger partial charge >= 0.3 is 12.1 Å². The molecule has 5 heteroatoms. The predicted molar refractivity (Wildman–Crippen MR) is 62.6 cm³/mol. The molecule has 1 aliphatic heterocycles. The van der Waals surface area contributed by atoms with Crippen LogP contribution < -0.4 is 0 Å². The van der Waals surface area contributed by atoms with Gasteiger partial charge in [0.1, 0.15) is 12.2 Å². The number of rotatable bonds is 2. The molecule has 98 valence electrons. The zero-order valence-electron chi connectivity index (χ0n) is 11.0. The highest BCUT2D eigenvalue weighted by Gasteiger charge is 2.32. The summed E-state index contributed by atoms with van der Waals surface area (Å²) in [5, 5.41) is 0. The van der Waals surface area contributed by atoms with E-state index in [9.17, 15) is 9.59 Å². The van der Waals surface area contributed by atoms with E-state index in [4.69, 9.17) is 9.47 Å². The number of carbonyl (C=O) groups excluding carboxylic acids is 2. The van der Waals surface area contributed by atoms with Gasteiger partial charge in [-0.3, -0.25) is 4.79 Å². The third-order valence-electron chi connectivity index (χ3n) is 2.48. The first-order valence-electron chi connectivity index (χ1n) is 5.92. The van der Waals surface area contributed by atoms with Crippen molar-refractivity contribution >= 4 is 12.1 Å². The van der Waals surface area contributed by atoms with Crippen molar-refractivity contribution in [3.05, 3.63) is 0 Å². The van der Waals surface area contributed by atoms with Gasteiger partial charge in [-0.05, 0) is 33.6 Å². The second-order valence-electron chi connectivity index (χ2n) is 5.27. The van der Waals surface area contributed by atoms with E-state index in [1.54, 1.807) is 4.90 Å². The van der Waals surface area contributed by atoms with Gasteiger partial charge in [0.15, 0.2) is 0 Å². The summed E-state index contributed by atoms with van der Waals surface area (Å²) in [4.78, 5) is 24.3. The van der Waals surface area contributed by atoms with Gasteiger partial charge in [0.05, 0.1) is 6.04 Å². The molecule has 0 spiro atoms. The van der Waals surface area contributed by atoms with Gasteiger partial charge in [-0.15, -0.1) is 0 Å². The first-order chi connectivity index (χ1) is 7.79. The van der Waals surface area contributed by atoms with Crippen molar-refractivity contribution in [3.8, 4) is 0 Å². The molecular formula is C12H21NO4. The molecule has 0 radical (unpaired) electrons. The van der Waals surface area contributed by atoms with Gasteiger partial charge in [-0.2, -0.15) is 0 Å². The number of carbonyl (C=O) groups is 2. The average molecular weight is 243 g/mol. The van der Waals surface area contributed by atoms with Gasteiger partial charge in [0.2, 0.25) is 0 Å². The number of hydrogen-bond acceptors (Lipinski definition) is 4. The van der Waals surface area contributed by atoms with E-state index in [2.05, 4.69) is 0 Å². The van der Waals surface area contributed by atoms with Gasteiger partial charge < -0.3 is 14.4 Å². The second-order valence-corrected chi connectivity index (χ2v) is 5.27. The smallest absolute Gasteiger partial charge is 0.410 e. The van der Waals surface area contributed by atoms with Crippen LogP contribution in [0.3, 0.4) is 0 Å². The maximum absolute atomic E-state index is 11.9. The van der Waals surface area contributed by atoms with Crippen molar-refractivity contribution in [1.29, 1.82) is 0 Å². The van der Waals surface area contributed by atoms with E-state index < -0.39 is 5.60 Å². The standard InChI is InChI=1S/C12H21NO4/c1-9(14)16-8-10-6-5-7-13(10)11(15)17-12(2,3)4/h10H,5-8H2,1-4H3/t10-/m0/s1. The minimum absolute atomic E-state index is 0.0475. The third kappa shape index (κ3) is 4.63. The van der Waals surface area contributed by atoms with Gasteiger partial charge in [0.25, 0.3) is 0 Å². The molecule has 1 aliphatic rings. The fraction of sp³-hybridized carbons (Fsp3) is 0.833.